The van der Waals surface area contributed by atoms with Gasteiger partial charge in [-0.05, 0) is 328 Å². The molecule has 12 aliphatic rings. The number of fused-ring (bicyclic) bond motifs is 28. The number of hydrogen-bond donors (Lipinski definition) is 0. The number of thiophene rings is 2. The van der Waals surface area contributed by atoms with Crippen LogP contribution >= 0.6 is 22.7 Å². The second kappa shape index (κ2) is 24.8. The van der Waals surface area contributed by atoms with Crippen molar-refractivity contribution in [2.45, 2.75) is 104 Å². The van der Waals surface area contributed by atoms with Crippen LogP contribution in [0.1, 0.15) is 138 Å². The molecule has 30 rings (SSSR count). The van der Waals surface area contributed by atoms with Crippen molar-refractivity contribution in [2.75, 3.05) is 19.6 Å². The standard InChI is InChI=1S/C120H90N4S2/c1-2-25-82(26-3-1)122-100-40-14-10-34-94(100)119(95-35-11-15-41-101(95)122)92-32-8-4-29-88(92)111-98(119)38-21-44-104(111)121(86-58-59-109-91(63-86)87-28-6-18-47-107(87)125-109)83-54-50-77(51-55-83)115-65-75-67-117(71-81(70-115)118(117,68-75)73-115)78-24-20-27-85(62-78)124-102-42-16-12-36-96(102)120(97-37-13-17-43-103(97)124)93-33-9-5-30-89(93)112-99(120)39-22-45-105(112)123(106-46-23-49-110-113(106)90-31-7-19-48-108(90)126-110)84-56-52-76(53-57-84)114-64-74-60-79-61-80(69-114)116(79,66-74)72-114/h1-59,62-63,74-75,79-81H,60-61,64-73H2/t74-,75+,79+,80?,81?,114?,115?,116+,117+,118-/m1/s1. The lowest BCUT2D eigenvalue weighted by Gasteiger charge is -2.60. The molecule has 6 bridgehead atoms. The normalized spacial score (nSPS) is 25.6. The SMILES string of the molecule is c1ccc(N2c3ccccc3C3(c4ccccc4-c4c(N(c5ccc(C67CC8C[C@]9(c%10cccc(N%11c%12ccccc%12C%12(c%13ccccc%13-c%13c(N(c%14ccc(C%15%16CC%17C[C@@H]%18C[C@H](C%15)C[C@@]%17%18C%16)cc%14)c%14cccc%15sc%16ccccc%16c%14%15)cccc%13%12)c%12ccccc%12%11)c%10)C[C@H](C6)C[C@@]89C7)cc5)c5ccc6sc7ccccc7c6c5)cccc43)c3ccccc32)cc1. The van der Waals surface area contributed by atoms with Gasteiger partial charge < -0.3 is 19.6 Å². The number of benzene rings is 16. The van der Waals surface area contributed by atoms with Crippen molar-refractivity contribution in [3.8, 4) is 22.3 Å². The molecular weight excluding hydrogens is 1560 g/mol. The van der Waals surface area contributed by atoms with E-state index in [-0.39, 0.29) is 16.2 Å². The highest BCUT2D eigenvalue weighted by Crippen LogP contribution is 2.85. The fourth-order valence-corrected chi connectivity index (χ4v) is 33.5. The van der Waals surface area contributed by atoms with E-state index in [4.69, 9.17) is 0 Å². The van der Waals surface area contributed by atoms with E-state index >= 15 is 0 Å². The van der Waals surface area contributed by atoms with E-state index in [1.807, 2.05) is 22.7 Å². The van der Waals surface area contributed by atoms with Gasteiger partial charge in [0.1, 0.15) is 0 Å². The lowest BCUT2D eigenvalue weighted by atomic mass is 9.44. The van der Waals surface area contributed by atoms with Crippen LogP contribution in [0.5, 0.6) is 0 Å². The van der Waals surface area contributed by atoms with E-state index < -0.39 is 10.8 Å². The molecular formula is C120H90N4S2. The van der Waals surface area contributed by atoms with Crippen molar-refractivity contribution < 1.29 is 0 Å². The van der Waals surface area contributed by atoms with Gasteiger partial charge in [-0.15, -0.1) is 22.7 Å². The molecule has 2 aliphatic heterocycles. The maximum atomic E-state index is 2.70. The van der Waals surface area contributed by atoms with Crippen LogP contribution in [0.4, 0.5) is 68.2 Å². The summed E-state index contributed by atoms with van der Waals surface area (Å²) in [6.45, 7) is 0. The Morgan fingerprint density at radius 2 is 0.754 bits per heavy atom. The quantitative estimate of drug-likeness (QED) is 0.128. The topological polar surface area (TPSA) is 13.0 Å². The summed E-state index contributed by atoms with van der Waals surface area (Å²) in [6.07, 6.45) is 16.2. The second-order valence-electron chi connectivity index (χ2n) is 40.2. The minimum Gasteiger partial charge on any atom is -0.310 e. The van der Waals surface area contributed by atoms with Crippen molar-refractivity contribution in [1.29, 1.82) is 0 Å². The van der Waals surface area contributed by atoms with E-state index in [2.05, 4.69) is 390 Å². The van der Waals surface area contributed by atoms with Gasteiger partial charge >= 0.3 is 0 Å². The Morgan fingerprint density at radius 3 is 1.41 bits per heavy atom. The fraction of sp³-hybridized carbons (Fsp3) is 0.200. The van der Waals surface area contributed by atoms with E-state index in [1.165, 1.54) is 252 Å². The third-order valence-electron chi connectivity index (χ3n) is 35.2. The van der Waals surface area contributed by atoms with Crippen LogP contribution in [0.25, 0.3) is 62.6 Å². The average molecular weight is 1650 g/mol. The van der Waals surface area contributed by atoms with Crippen LogP contribution in [0.2, 0.25) is 0 Å². The first kappa shape index (κ1) is 70.4. The van der Waals surface area contributed by atoms with Crippen LogP contribution in [-0.2, 0) is 27.1 Å². The van der Waals surface area contributed by atoms with Crippen LogP contribution in [-0.4, -0.2) is 0 Å². The van der Waals surface area contributed by atoms with Crippen LogP contribution in [0, 0.1) is 40.4 Å². The number of nitrogens with zero attached hydrogens (tertiary/aromatic N) is 4. The van der Waals surface area contributed by atoms with Gasteiger partial charge in [0.25, 0.3) is 0 Å². The molecule has 4 heterocycles. The van der Waals surface area contributed by atoms with Crippen LogP contribution < -0.4 is 19.6 Å². The van der Waals surface area contributed by atoms with Crippen molar-refractivity contribution in [2.24, 2.45) is 40.4 Å². The molecule has 4 spiro atoms. The molecule has 2 aromatic heterocycles. The van der Waals surface area contributed by atoms with Gasteiger partial charge in [0, 0.05) is 85.3 Å². The van der Waals surface area contributed by atoms with Crippen molar-refractivity contribution in [1.82, 2.24) is 0 Å². The first-order chi connectivity index (χ1) is 62.2. The molecule has 4 nitrogen and oxygen atoms in total. The molecule has 8 fully saturated rings. The minimum atomic E-state index is -0.628. The molecule has 0 radical (unpaired) electrons. The molecule has 6 heteroatoms. The third kappa shape index (κ3) is 8.73. The van der Waals surface area contributed by atoms with Gasteiger partial charge in [0.05, 0.1) is 50.6 Å². The molecule has 0 amide bonds. The number of rotatable bonds is 11. The predicted molar refractivity (Wildman–Crippen MR) is 522 cm³/mol. The van der Waals surface area contributed by atoms with Gasteiger partial charge in [0.15, 0.2) is 0 Å². The zero-order valence-electron chi connectivity index (χ0n) is 70.2. The lowest BCUT2D eigenvalue weighted by Crippen LogP contribution is -2.55. The molecule has 602 valence electrons. The Balaban J connectivity index is 0.521. The highest BCUT2D eigenvalue weighted by molar-refractivity contribution is 7.26. The highest BCUT2D eigenvalue weighted by atomic mass is 32.1. The number of anilines is 12. The molecule has 10 aliphatic carbocycles. The van der Waals surface area contributed by atoms with E-state index in [0.717, 1.165) is 23.4 Å². The second-order valence-corrected chi connectivity index (χ2v) is 42.4. The van der Waals surface area contributed by atoms with Crippen molar-refractivity contribution in [3.05, 3.63) is 431 Å². The molecule has 16 aromatic carbocycles. The first-order valence-corrected chi connectivity index (χ1v) is 48.1. The maximum Gasteiger partial charge on any atom is 0.0755 e. The maximum absolute atomic E-state index is 2.70. The summed E-state index contributed by atoms with van der Waals surface area (Å²) in [5.74, 6) is 4.12. The summed E-state index contributed by atoms with van der Waals surface area (Å²) in [4.78, 5) is 10.5. The predicted octanol–water partition coefficient (Wildman–Crippen LogP) is 31.9. The Labute approximate surface area is 743 Å². The number of para-hydroxylation sites is 5. The summed E-state index contributed by atoms with van der Waals surface area (Å²) < 4.78 is 5.28. The molecule has 8 saturated carbocycles. The van der Waals surface area contributed by atoms with E-state index in [1.54, 1.807) is 11.1 Å². The highest BCUT2D eigenvalue weighted by Gasteiger charge is 2.78. The van der Waals surface area contributed by atoms with E-state index in [9.17, 15) is 0 Å². The van der Waals surface area contributed by atoms with Crippen molar-refractivity contribution in [3.63, 3.8) is 0 Å². The van der Waals surface area contributed by atoms with Gasteiger partial charge in [-0.1, -0.05) is 243 Å². The average Bonchev–Trinajstić information content (AvgIpc) is 1.47. The summed E-state index contributed by atoms with van der Waals surface area (Å²) in [5.41, 5.74) is 35.1. The third-order valence-corrected chi connectivity index (χ3v) is 37.5. The Morgan fingerprint density at radius 1 is 0.278 bits per heavy atom. The fourth-order valence-electron chi connectivity index (χ4n) is 31.3. The van der Waals surface area contributed by atoms with Crippen molar-refractivity contribution >= 4 is 131 Å². The first-order valence-electron chi connectivity index (χ1n) is 46.5. The lowest BCUT2D eigenvalue weighted by molar-refractivity contribution is -0.0360. The zero-order valence-corrected chi connectivity index (χ0v) is 71.8. The van der Waals surface area contributed by atoms with Gasteiger partial charge in [-0.25, -0.2) is 0 Å². The van der Waals surface area contributed by atoms with Gasteiger partial charge in [0.2, 0.25) is 0 Å². The van der Waals surface area contributed by atoms with Gasteiger partial charge in [-0.3, -0.25) is 0 Å². The van der Waals surface area contributed by atoms with Crippen LogP contribution in [0.3, 0.4) is 0 Å². The summed E-state index contributed by atoms with van der Waals surface area (Å²) >= 11 is 3.82. The monoisotopic (exact) mass is 1650 g/mol. The van der Waals surface area contributed by atoms with E-state index in [0.29, 0.717) is 22.7 Å². The van der Waals surface area contributed by atoms with Crippen LogP contribution in [0.15, 0.2) is 370 Å². The molecule has 10 atom stereocenters. The molecule has 18 aromatic rings. The Hall–Kier alpha value is -12.8. The molecule has 126 heavy (non-hydrogen) atoms. The Kier molecular flexibility index (Phi) is 13.9. The largest absolute Gasteiger partial charge is 0.310 e. The zero-order chi connectivity index (χ0) is 81.9. The summed E-state index contributed by atoms with van der Waals surface area (Å²) in [7, 11) is 0. The van der Waals surface area contributed by atoms with Gasteiger partial charge in [-0.2, -0.15) is 0 Å². The summed E-state index contributed by atoms with van der Waals surface area (Å²) in [6, 6.07) is 145. The smallest absolute Gasteiger partial charge is 0.0755 e. The molecule has 0 N–H and O–H groups in total. The molecule has 4 unspecified atom stereocenters. The molecule has 0 saturated heterocycles. The number of hydrogen-bond acceptors (Lipinski definition) is 6. The summed E-state index contributed by atoms with van der Waals surface area (Å²) in [5, 5.41) is 5.25. The Bertz CT molecular complexity index is 7660. The minimum absolute atomic E-state index is 0.101.